The van der Waals surface area contributed by atoms with Gasteiger partial charge in [0.2, 0.25) is 0 Å². The van der Waals surface area contributed by atoms with E-state index in [1.807, 2.05) is 19.9 Å². The third-order valence-corrected chi connectivity index (χ3v) is 4.33. The van der Waals surface area contributed by atoms with Gasteiger partial charge in [0.1, 0.15) is 24.1 Å². The summed E-state index contributed by atoms with van der Waals surface area (Å²) in [5.74, 6) is 0.568. The molecule has 0 spiro atoms. The number of anilines is 1. The molecule has 1 saturated heterocycles. The molecular formula is C16H23N5O4. The number of rotatable bonds is 5. The Morgan fingerprint density at radius 3 is 2.80 bits per heavy atom. The van der Waals surface area contributed by atoms with Crippen molar-refractivity contribution in [2.45, 2.75) is 44.8 Å². The first-order chi connectivity index (χ1) is 11.9. The van der Waals surface area contributed by atoms with Crippen LogP contribution in [-0.2, 0) is 4.74 Å². The fourth-order valence-electron chi connectivity index (χ4n) is 2.89. The highest BCUT2D eigenvalue weighted by atomic mass is 16.6. The molecule has 1 aliphatic rings. The minimum atomic E-state index is -1.60. The van der Waals surface area contributed by atoms with Gasteiger partial charge in [-0.1, -0.05) is 11.6 Å². The molecule has 0 aromatic carbocycles. The van der Waals surface area contributed by atoms with Gasteiger partial charge in [0.05, 0.1) is 12.9 Å². The first-order valence-corrected chi connectivity index (χ1v) is 8.07. The quantitative estimate of drug-likeness (QED) is 0.564. The molecule has 0 aliphatic carbocycles. The predicted octanol–water partition coefficient (Wildman–Crippen LogP) is 0.206. The molecule has 0 radical (unpaired) electrons. The number of nitrogens with zero attached hydrogens (tertiary/aromatic N) is 4. The molecule has 3 rings (SSSR count). The Labute approximate surface area is 145 Å². The Kier molecular flexibility index (Phi) is 4.74. The summed E-state index contributed by atoms with van der Waals surface area (Å²) in [7, 11) is 0. The number of allylic oxidation sites excluding steroid dienone is 1. The minimum Gasteiger partial charge on any atom is -0.394 e. The normalized spacial score (nSPS) is 29.1. The summed E-state index contributed by atoms with van der Waals surface area (Å²) in [5.41, 5.74) is 0.585. The fourth-order valence-corrected chi connectivity index (χ4v) is 2.89. The van der Waals surface area contributed by atoms with E-state index in [9.17, 15) is 15.3 Å². The Morgan fingerprint density at radius 2 is 2.16 bits per heavy atom. The zero-order chi connectivity index (χ0) is 18.2. The van der Waals surface area contributed by atoms with Gasteiger partial charge in [0, 0.05) is 6.54 Å². The minimum absolute atomic E-state index is 0.398. The third kappa shape index (κ3) is 3.11. The average Bonchev–Trinajstić information content (AvgIpc) is 3.08. The van der Waals surface area contributed by atoms with Crippen molar-refractivity contribution in [3.05, 3.63) is 24.3 Å². The molecule has 0 saturated carbocycles. The van der Waals surface area contributed by atoms with Gasteiger partial charge in [-0.15, -0.1) is 0 Å². The molecule has 1 unspecified atom stereocenters. The number of imidazole rings is 1. The van der Waals surface area contributed by atoms with Gasteiger partial charge in [-0.25, -0.2) is 15.0 Å². The van der Waals surface area contributed by atoms with Crippen LogP contribution in [0.3, 0.4) is 0 Å². The van der Waals surface area contributed by atoms with Crippen LogP contribution in [0.1, 0.15) is 27.0 Å². The van der Waals surface area contributed by atoms with Crippen LogP contribution in [0.2, 0.25) is 0 Å². The molecule has 0 amide bonds. The Hall–Kier alpha value is -2.07. The highest BCUT2D eigenvalue weighted by Crippen LogP contribution is 2.39. The van der Waals surface area contributed by atoms with Gasteiger partial charge in [-0.2, -0.15) is 0 Å². The molecule has 25 heavy (non-hydrogen) atoms. The van der Waals surface area contributed by atoms with Crippen LogP contribution in [0.15, 0.2) is 24.3 Å². The number of ether oxygens (including phenoxy) is 1. The van der Waals surface area contributed by atoms with E-state index < -0.39 is 30.6 Å². The number of nitrogens with one attached hydrogen (secondary N) is 1. The van der Waals surface area contributed by atoms with Crippen molar-refractivity contribution < 1.29 is 20.1 Å². The maximum absolute atomic E-state index is 10.6. The van der Waals surface area contributed by atoms with Crippen molar-refractivity contribution in [3.8, 4) is 0 Å². The SMILES string of the molecule is CC(C)=CCNc1ncnc2c1ncn2[C@@H]1O[C@H](CO)C(O)[C@]1(C)O. The Bertz CT molecular complexity index is 784. The lowest BCUT2D eigenvalue weighted by Crippen LogP contribution is -2.44. The van der Waals surface area contributed by atoms with Crippen LogP contribution in [0.5, 0.6) is 0 Å². The van der Waals surface area contributed by atoms with Crippen LogP contribution in [0.25, 0.3) is 11.2 Å². The predicted molar refractivity (Wildman–Crippen MR) is 90.9 cm³/mol. The van der Waals surface area contributed by atoms with Crippen molar-refractivity contribution in [2.75, 3.05) is 18.5 Å². The molecule has 3 heterocycles. The molecule has 4 atom stereocenters. The number of aliphatic hydroxyl groups excluding tert-OH is 2. The summed E-state index contributed by atoms with van der Waals surface area (Å²) in [6.07, 6.45) is 1.88. The molecule has 0 bridgehead atoms. The average molecular weight is 349 g/mol. The van der Waals surface area contributed by atoms with E-state index in [1.54, 1.807) is 4.57 Å². The van der Waals surface area contributed by atoms with Gasteiger partial charge in [-0.05, 0) is 20.8 Å². The van der Waals surface area contributed by atoms with Crippen molar-refractivity contribution in [2.24, 2.45) is 0 Å². The second-order valence-corrected chi connectivity index (χ2v) is 6.59. The van der Waals surface area contributed by atoms with Gasteiger partial charge in [0.15, 0.2) is 23.2 Å². The molecule has 9 nitrogen and oxygen atoms in total. The maximum Gasteiger partial charge on any atom is 0.168 e. The zero-order valence-corrected chi connectivity index (χ0v) is 14.4. The van der Waals surface area contributed by atoms with E-state index in [1.165, 1.54) is 25.2 Å². The number of hydrogen-bond donors (Lipinski definition) is 4. The van der Waals surface area contributed by atoms with Crippen molar-refractivity contribution >= 4 is 17.0 Å². The summed E-state index contributed by atoms with van der Waals surface area (Å²) in [6.45, 7) is 5.68. The van der Waals surface area contributed by atoms with Crippen LogP contribution in [0, 0.1) is 0 Å². The van der Waals surface area contributed by atoms with Crippen LogP contribution in [0.4, 0.5) is 5.82 Å². The first kappa shape index (κ1) is 17.7. The number of fused-ring (bicyclic) bond motifs is 1. The summed E-state index contributed by atoms with van der Waals surface area (Å²) in [5, 5.41) is 33.3. The summed E-state index contributed by atoms with van der Waals surface area (Å²) in [4.78, 5) is 12.8. The van der Waals surface area contributed by atoms with Crippen LogP contribution in [-0.4, -0.2) is 65.8 Å². The van der Waals surface area contributed by atoms with Gasteiger partial charge >= 0.3 is 0 Å². The smallest absolute Gasteiger partial charge is 0.168 e. The van der Waals surface area contributed by atoms with Crippen molar-refractivity contribution in [1.29, 1.82) is 0 Å². The summed E-state index contributed by atoms with van der Waals surface area (Å²) >= 11 is 0. The lowest BCUT2D eigenvalue weighted by molar-refractivity contribution is -0.0950. The second-order valence-electron chi connectivity index (χ2n) is 6.59. The highest BCUT2D eigenvalue weighted by molar-refractivity contribution is 5.82. The molecular weight excluding hydrogens is 326 g/mol. The highest BCUT2D eigenvalue weighted by Gasteiger charge is 2.53. The monoisotopic (exact) mass is 349 g/mol. The zero-order valence-electron chi connectivity index (χ0n) is 14.4. The first-order valence-electron chi connectivity index (χ1n) is 8.07. The molecule has 2 aromatic rings. The van der Waals surface area contributed by atoms with Crippen molar-refractivity contribution in [3.63, 3.8) is 0 Å². The number of aliphatic hydroxyl groups is 3. The Balaban J connectivity index is 1.95. The summed E-state index contributed by atoms with van der Waals surface area (Å²) < 4.78 is 7.17. The summed E-state index contributed by atoms with van der Waals surface area (Å²) in [6, 6.07) is 0. The molecule has 4 N–H and O–H groups in total. The fraction of sp³-hybridized carbons (Fsp3) is 0.562. The van der Waals surface area contributed by atoms with E-state index in [0.29, 0.717) is 23.5 Å². The van der Waals surface area contributed by atoms with Gasteiger partial charge in [-0.3, -0.25) is 4.57 Å². The van der Waals surface area contributed by atoms with E-state index in [2.05, 4.69) is 20.3 Å². The topological polar surface area (TPSA) is 126 Å². The van der Waals surface area contributed by atoms with Crippen molar-refractivity contribution in [1.82, 2.24) is 19.5 Å². The molecule has 2 aromatic heterocycles. The molecule has 1 aliphatic heterocycles. The molecule has 136 valence electrons. The van der Waals surface area contributed by atoms with E-state index in [-0.39, 0.29) is 0 Å². The lowest BCUT2D eigenvalue weighted by atomic mass is 9.96. The van der Waals surface area contributed by atoms with E-state index >= 15 is 0 Å². The maximum atomic E-state index is 10.6. The molecule has 9 heteroatoms. The van der Waals surface area contributed by atoms with E-state index in [0.717, 1.165) is 0 Å². The number of hydrogen-bond acceptors (Lipinski definition) is 8. The number of aromatic nitrogens is 4. The largest absolute Gasteiger partial charge is 0.394 e. The standard InChI is InChI=1S/C16H23N5O4/c1-9(2)4-5-17-13-11-14(19-7-18-13)21(8-20-11)15-16(3,24)12(23)10(6-22)25-15/h4,7-8,10,12,15,22-24H,5-6H2,1-3H3,(H,17,18,19)/t10-,12?,15-,16+/m1/s1. The second kappa shape index (κ2) is 6.68. The third-order valence-electron chi connectivity index (χ3n) is 4.33. The lowest BCUT2D eigenvalue weighted by Gasteiger charge is -2.27. The van der Waals surface area contributed by atoms with Crippen LogP contribution >= 0.6 is 0 Å². The van der Waals surface area contributed by atoms with E-state index in [4.69, 9.17) is 4.74 Å². The Morgan fingerprint density at radius 1 is 1.40 bits per heavy atom. The molecule has 1 fully saturated rings. The van der Waals surface area contributed by atoms with Gasteiger partial charge < -0.3 is 25.4 Å². The van der Waals surface area contributed by atoms with Gasteiger partial charge in [0.25, 0.3) is 0 Å². The van der Waals surface area contributed by atoms with Crippen LogP contribution < -0.4 is 5.32 Å².